The molecule has 10 nitrogen and oxygen atoms in total. The zero-order valence-corrected chi connectivity index (χ0v) is 20.7. The second-order valence-electron chi connectivity index (χ2n) is 9.65. The number of piperidine rings is 2. The Morgan fingerprint density at radius 3 is 2.50 bits per heavy atom. The molecule has 2 aliphatic heterocycles. The first-order chi connectivity index (χ1) is 17.3. The number of hydrogen-bond donors (Lipinski definition) is 2. The van der Waals surface area contributed by atoms with Crippen molar-refractivity contribution in [3.05, 3.63) is 66.1 Å². The van der Waals surface area contributed by atoms with E-state index in [1.54, 1.807) is 63.7 Å². The Kier molecular flexibility index (Phi) is 6.44. The standard InChI is InChI=1S/C25H29N5O5S/c31-23(20-4-7-22-26-11-15-29(22)17-20)27-16-19-2-5-21(6-3-19)36(34,35)30-12-1-8-25(18-30)9-13-28(14-10-25)24(32)33/h2-7,11,15,17H,1,8-10,12-14,16,18H2,(H,27,31)(H,32,33). The van der Waals surface area contributed by atoms with Crippen LogP contribution < -0.4 is 5.32 Å². The van der Waals surface area contributed by atoms with Crippen molar-refractivity contribution in [2.45, 2.75) is 37.1 Å². The van der Waals surface area contributed by atoms with Crippen LogP contribution in [0.1, 0.15) is 41.6 Å². The Morgan fingerprint density at radius 2 is 1.78 bits per heavy atom. The fraction of sp³-hybridized carbons (Fsp3) is 0.400. The van der Waals surface area contributed by atoms with Gasteiger partial charge in [0, 0.05) is 51.3 Å². The fourth-order valence-electron chi connectivity index (χ4n) is 5.22. The zero-order chi connectivity index (χ0) is 25.3. The monoisotopic (exact) mass is 511 g/mol. The maximum atomic E-state index is 13.4. The smallest absolute Gasteiger partial charge is 0.407 e. The number of carbonyl (C=O) groups excluding carboxylic acids is 1. The van der Waals surface area contributed by atoms with Gasteiger partial charge in [-0.2, -0.15) is 4.31 Å². The van der Waals surface area contributed by atoms with Gasteiger partial charge in [0.25, 0.3) is 5.91 Å². The summed E-state index contributed by atoms with van der Waals surface area (Å²) in [5.41, 5.74) is 1.89. The molecular formula is C25H29N5O5S. The number of nitrogens with zero attached hydrogens (tertiary/aromatic N) is 4. The molecule has 0 aliphatic carbocycles. The molecule has 2 saturated heterocycles. The lowest BCUT2D eigenvalue weighted by Crippen LogP contribution is -2.51. The van der Waals surface area contributed by atoms with Crippen LogP contribution in [0.15, 0.2) is 59.9 Å². The molecule has 0 bridgehead atoms. The zero-order valence-electron chi connectivity index (χ0n) is 19.8. The van der Waals surface area contributed by atoms with Gasteiger partial charge in [-0.05, 0) is 60.9 Å². The van der Waals surface area contributed by atoms with Crippen LogP contribution in [-0.4, -0.2) is 70.3 Å². The van der Waals surface area contributed by atoms with E-state index in [1.165, 1.54) is 4.90 Å². The van der Waals surface area contributed by atoms with E-state index >= 15 is 0 Å². The minimum Gasteiger partial charge on any atom is -0.465 e. The number of benzene rings is 1. The molecule has 2 aromatic heterocycles. The second-order valence-corrected chi connectivity index (χ2v) is 11.6. The van der Waals surface area contributed by atoms with Crippen molar-refractivity contribution in [3.63, 3.8) is 0 Å². The van der Waals surface area contributed by atoms with Crippen LogP contribution in [0.2, 0.25) is 0 Å². The first kappa shape index (κ1) is 24.3. The van der Waals surface area contributed by atoms with Crippen molar-refractivity contribution in [2.24, 2.45) is 5.41 Å². The molecule has 1 spiro atoms. The highest BCUT2D eigenvalue weighted by Crippen LogP contribution is 2.41. The molecule has 190 valence electrons. The van der Waals surface area contributed by atoms with Crippen LogP contribution in [0.3, 0.4) is 0 Å². The third kappa shape index (κ3) is 4.80. The number of sulfonamides is 1. The number of amides is 2. The minimum absolute atomic E-state index is 0.165. The maximum absolute atomic E-state index is 13.4. The Morgan fingerprint density at radius 1 is 1.03 bits per heavy atom. The number of rotatable bonds is 5. The number of hydrogen-bond acceptors (Lipinski definition) is 5. The molecule has 2 fully saturated rings. The summed E-state index contributed by atoms with van der Waals surface area (Å²) < 4.78 is 30.1. The van der Waals surface area contributed by atoms with E-state index in [2.05, 4.69) is 10.3 Å². The van der Waals surface area contributed by atoms with Gasteiger partial charge in [-0.3, -0.25) is 4.79 Å². The lowest BCUT2D eigenvalue weighted by Gasteiger charge is -2.46. The van der Waals surface area contributed by atoms with Crippen LogP contribution in [0.4, 0.5) is 4.79 Å². The Hall–Kier alpha value is -3.44. The van der Waals surface area contributed by atoms with Gasteiger partial charge in [-0.15, -0.1) is 0 Å². The van der Waals surface area contributed by atoms with E-state index in [0.717, 1.165) is 24.1 Å². The molecule has 0 saturated carbocycles. The van der Waals surface area contributed by atoms with Crippen LogP contribution in [0.5, 0.6) is 0 Å². The van der Waals surface area contributed by atoms with E-state index in [0.29, 0.717) is 44.6 Å². The van der Waals surface area contributed by atoms with Crippen molar-refractivity contribution in [1.82, 2.24) is 23.9 Å². The lowest BCUT2D eigenvalue weighted by atomic mass is 9.73. The number of carboxylic acid groups (broad SMARTS) is 1. The quantitative estimate of drug-likeness (QED) is 0.543. The number of fused-ring (bicyclic) bond motifs is 1. The van der Waals surface area contributed by atoms with Crippen molar-refractivity contribution < 1.29 is 23.1 Å². The highest BCUT2D eigenvalue weighted by molar-refractivity contribution is 7.89. The first-order valence-corrected chi connectivity index (χ1v) is 13.5. The largest absolute Gasteiger partial charge is 0.465 e. The SMILES string of the molecule is O=C(NCc1ccc(S(=O)(=O)N2CCCC3(CCN(C(=O)O)CC3)C2)cc1)c1ccc2nccn2c1. The van der Waals surface area contributed by atoms with Gasteiger partial charge in [0.2, 0.25) is 10.0 Å². The third-order valence-electron chi connectivity index (χ3n) is 7.39. The van der Waals surface area contributed by atoms with Gasteiger partial charge < -0.3 is 19.7 Å². The predicted octanol–water partition coefficient (Wildman–Crippen LogP) is 2.81. The summed E-state index contributed by atoms with van der Waals surface area (Å²) in [5.74, 6) is -0.227. The summed E-state index contributed by atoms with van der Waals surface area (Å²) in [4.78, 5) is 29.6. The highest BCUT2D eigenvalue weighted by Gasteiger charge is 2.42. The number of nitrogens with one attached hydrogen (secondary N) is 1. The van der Waals surface area contributed by atoms with Gasteiger partial charge in [-0.25, -0.2) is 18.2 Å². The topological polar surface area (TPSA) is 124 Å². The molecule has 2 aliphatic rings. The number of carbonyl (C=O) groups is 2. The number of pyridine rings is 1. The van der Waals surface area contributed by atoms with Crippen LogP contribution >= 0.6 is 0 Å². The molecule has 0 unspecified atom stereocenters. The molecule has 3 aromatic rings. The molecule has 36 heavy (non-hydrogen) atoms. The molecule has 0 atom stereocenters. The Balaban J connectivity index is 1.21. The van der Waals surface area contributed by atoms with Crippen molar-refractivity contribution in [2.75, 3.05) is 26.2 Å². The van der Waals surface area contributed by atoms with Crippen LogP contribution in [-0.2, 0) is 16.6 Å². The summed E-state index contributed by atoms with van der Waals surface area (Å²) >= 11 is 0. The highest BCUT2D eigenvalue weighted by atomic mass is 32.2. The van der Waals surface area contributed by atoms with Crippen molar-refractivity contribution in [3.8, 4) is 0 Å². The van der Waals surface area contributed by atoms with Crippen LogP contribution in [0.25, 0.3) is 5.65 Å². The Bertz CT molecular complexity index is 1380. The average Bonchev–Trinajstić information content (AvgIpc) is 3.36. The number of likely N-dealkylation sites (tertiary alicyclic amines) is 1. The van der Waals surface area contributed by atoms with E-state index in [-0.39, 0.29) is 22.8 Å². The summed E-state index contributed by atoms with van der Waals surface area (Å²) in [7, 11) is -3.67. The summed E-state index contributed by atoms with van der Waals surface area (Å²) in [6.45, 7) is 2.04. The van der Waals surface area contributed by atoms with E-state index < -0.39 is 16.1 Å². The van der Waals surface area contributed by atoms with Gasteiger partial charge in [0.15, 0.2) is 0 Å². The van der Waals surface area contributed by atoms with E-state index in [9.17, 15) is 23.1 Å². The van der Waals surface area contributed by atoms with Crippen molar-refractivity contribution in [1.29, 1.82) is 0 Å². The number of aromatic nitrogens is 2. The molecule has 11 heteroatoms. The fourth-order valence-corrected chi connectivity index (χ4v) is 6.81. The molecule has 2 amide bonds. The van der Waals surface area contributed by atoms with Gasteiger partial charge in [-0.1, -0.05) is 12.1 Å². The van der Waals surface area contributed by atoms with Crippen molar-refractivity contribution >= 4 is 27.7 Å². The molecular weight excluding hydrogens is 482 g/mol. The van der Waals surface area contributed by atoms with E-state index in [4.69, 9.17) is 0 Å². The summed E-state index contributed by atoms with van der Waals surface area (Å²) in [5, 5.41) is 12.1. The third-order valence-corrected chi connectivity index (χ3v) is 9.25. The Labute approximate surface area is 209 Å². The van der Waals surface area contributed by atoms with Gasteiger partial charge in [0.05, 0.1) is 10.5 Å². The van der Waals surface area contributed by atoms with Gasteiger partial charge >= 0.3 is 6.09 Å². The lowest BCUT2D eigenvalue weighted by molar-refractivity contribution is 0.0520. The van der Waals surface area contributed by atoms with Gasteiger partial charge in [0.1, 0.15) is 5.65 Å². The summed E-state index contributed by atoms with van der Waals surface area (Å²) in [6.07, 6.45) is 7.27. The predicted molar refractivity (Wildman–Crippen MR) is 132 cm³/mol. The molecule has 4 heterocycles. The van der Waals surface area contributed by atoms with Crippen LogP contribution in [0, 0.1) is 5.41 Å². The molecule has 0 radical (unpaired) electrons. The first-order valence-electron chi connectivity index (χ1n) is 12.0. The molecule has 5 rings (SSSR count). The number of imidazole rings is 1. The normalized spacial score (nSPS) is 18.4. The summed E-state index contributed by atoms with van der Waals surface area (Å²) in [6, 6.07) is 10.1. The van der Waals surface area contributed by atoms with E-state index in [1.807, 2.05) is 0 Å². The average molecular weight is 512 g/mol. The maximum Gasteiger partial charge on any atom is 0.407 e. The molecule has 1 aromatic carbocycles. The second kappa shape index (κ2) is 9.55. The molecule has 2 N–H and O–H groups in total. The minimum atomic E-state index is -3.67.